The van der Waals surface area contributed by atoms with Gasteiger partial charge in [-0.2, -0.15) is 0 Å². The smallest absolute Gasteiger partial charge is 0.193 e. The average molecular weight is 449 g/mol. The minimum atomic E-state index is 0. The Morgan fingerprint density at radius 1 is 0.531 bits per heavy atom. The van der Waals surface area contributed by atoms with Crippen LogP contribution in [0.5, 0.6) is 0 Å². The SMILES string of the molecule is Cl.NO.O=C(c1ccccc1)c1ccccc1.ON=C(c1ccccc1)c1ccccc1. The monoisotopic (exact) mass is 448 g/mol. The summed E-state index contributed by atoms with van der Waals surface area (Å²) in [6, 6.07) is 37.8. The van der Waals surface area contributed by atoms with E-state index in [4.69, 9.17) is 10.4 Å². The second kappa shape index (κ2) is 15.1. The van der Waals surface area contributed by atoms with Gasteiger partial charge in [0.15, 0.2) is 5.78 Å². The second-order valence-corrected chi connectivity index (χ2v) is 6.24. The molecule has 4 N–H and O–H groups in total. The normalized spacial score (nSPS) is 8.94. The molecule has 0 aliphatic carbocycles. The highest BCUT2D eigenvalue weighted by Crippen LogP contribution is 2.10. The van der Waals surface area contributed by atoms with E-state index >= 15 is 0 Å². The maximum absolute atomic E-state index is 11.8. The van der Waals surface area contributed by atoms with Crippen LogP contribution in [0.2, 0.25) is 0 Å². The molecule has 4 aromatic rings. The first-order valence-electron chi connectivity index (χ1n) is 9.53. The molecule has 0 atom stereocenters. The van der Waals surface area contributed by atoms with Gasteiger partial charge in [-0.1, -0.05) is 126 Å². The fourth-order valence-electron chi connectivity index (χ4n) is 2.82. The van der Waals surface area contributed by atoms with E-state index in [1.807, 2.05) is 121 Å². The summed E-state index contributed by atoms with van der Waals surface area (Å²) in [6.07, 6.45) is 0. The van der Waals surface area contributed by atoms with Gasteiger partial charge in [0.2, 0.25) is 0 Å². The highest BCUT2D eigenvalue weighted by Gasteiger charge is 2.06. The van der Waals surface area contributed by atoms with Crippen LogP contribution in [0.25, 0.3) is 0 Å². The molecule has 0 aromatic heterocycles. The lowest BCUT2D eigenvalue weighted by atomic mass is 10.0. The number of carbonyl (C=O) groups excluding carboxylic acids is 1. The largest absolute Gasteiger partial charge is 0.410 e. The van der Waals surface area contributed by atoms with Gasteiger partial charge < -0.3 is 10.4 Å². The molecule has 0 saturated heterocycles. The lowest BCUT2D eigenvalue weighted by molar-refractivity contribution is 0.103. The van der Waals surface area contributed by atoms with E-state index in [-0.39, 0.29) is 18.2 Å². The minimum absolute atomic E-state index is 0. The van der Waals surface area contributed by atoms with E-state index in [1.54, 1.807) is 0 Å². The van der Waals surface area contributed by atoms with Crippen LogP contribution in [0, 0.1) is 0 Å². The molecule has 0 radical (unpaired) electrons. The van der Waals surface area contributed by atoms with Crippen molar-refractivity contribution in [2.75, 3.05) is 0 Å². The van der Waals surface area contributed by atoms with Gasteiger partial charge in [0.25, 0.3) is 0 Å². The number of oxime groups is 1. The summed E-state index contributed by atoms with van der Waals surface area (Å²) in [7, 11) is 0. The fourth-order valence-corrected chi connectivity index (χ4v) is 2.82. The first kappa shape index (κ1) is 26.3. The van der Waals surface area contributed by atoms with E-state index in [2.05, 4.69) is 11.1 Å². The molecule has 0 spiro atoms. The topological polar surface area (TPSA) is 95.9 Å². The van der Waals surface area contributed by atoms with Crippen molar-refractivity contribution in [3.8, 4) is 0 Å². The Morgan fingerprint density at radius 3 is 1.03 bits per heavy atom. The Bertz CT molecular complexity index is 976. The molecule has 0 amide bonds. The van der Waals surface area contributed by atoms with Gasteiger partial charge in [-0.25, -0.2) is 5.90 Å². The van der Waals surface area contributed by atoms with Gasteiger partial charge >= 0.3 is 0 Å². The predicted molar refractivity (Wildman–Crippen MR) is 130 cm³/mol. The minimum Gasteiger partial charge on any atom is -0.410 e. The van der Waals surface area contributed by atoms with Crippen LogP contribution in [-0.4, -0.2) is 21.9 Å². The maximum atomic E-state index is 11.8. The summed E-state index contributed by atoms with van der Waals surface area (Å²) in [6.45, 7) is 0. The third-order valence-corrected chi connectivity index (χ3v) is 4.27. The van der Waals surface area contributed by atoms with E-state index in [9.17, 15) is 4.79 Å². The van der Waals surface area contributed by atoms with E-state index < -0.39 is 0 Å². The molecule has 5 nitrogen and oxygen atoms in total. The molecule has 0 aliphatic rings. The number of hydrogen-bond donors (Lipinski definition) is 3. The molecule has 32 heavy (non-hydrogen) atoms. The van der Waals surface area contributed by atoms with Crippen molar-refractivity contribution in [3.05, 3.63) is 144 Å². The Morgan fingerprint density at radius 2 is 0.781 bits per heavy atom. The summed E-state index contributed by atoms with van der Waals surface area (Å²) in [4.78, 5) is 11.8. The number of nitrogens with zero attached hydrogens (tertiary/aromatic N) is 1. The summed E-state index contributed by atoms with van der Waals surface area (Å²) in [5, 5.41) is 18.9. The van der Waals surface area contributed by atoms with Crippen molar-refractivity contribution < 1.29 is 15.2 Å². The van der Waals surface area contributed by atoms with E-state index in [0.717, 1.165) is 22.3 Å². The van der Waals surface area contributed by atoms with Crippen LogP contribution in [0.1, 0.15) is 27.0 Å². The third kappa shape index (κ3) is 7.81. The molecule has 0 saturated carbocycles. The van der Waals surface area contributed by atoms with Crippen LogP contribution < -0.4 is 5.90 Å². The van der Waals surface area contributed by atoms with E-state index in [0.29, 0.717) is 5.71 Å². The highest BCUT2D eigenvalue weighted by molar-refractivity contribution is 6.12. The Kier molecular flexibility index (Phi) is 12.4. The number of carbonyl (C=O) groups is 1. The van der Waals surface area contributed by atoms with Gasteiger partial charge in [-0.3, -0.25) is 4.79 Å². The molecule has 0 aliphatic heterocycles. The van der Waals surface area contributed by atoms with Gasteiger partial charge in [-0.05, 0) is 0 Å². The fraction of sp³-hybridized carbons (Fsp3) is 0. The lowest BCUT2D eigenvalue weighted by Crippen LogP contribution is -2.02. The van der Waals surface area contributed by atoms with Gasteiger partial charge in [0.1, 0.15) is 5.71 Å². The molecular formula is C26H25ClN2O3. The van der Waals surface area contributed by atoms with Gasteiger partial charge in [0.05, 0.1) is 0 Å². The van der Waals surface area contributed by atoms with Crippen molar-refractivity contribution in [2.45, 2.75) is 0 Å². The first-order chi connectivity index (χ1) is 15.3. The molecule has 4 rings (SSSR count). The first-order valence-corrected chi connectivity index (χ1v) is 9.53. The number of rotatable bonds is 4. The zero-order valence-electron chi connectivity index (χ0n) is 17.3. The van der Waals surface area contributed by atoms with Crippen molar-refractivity contribution >= 4 is 23.9 Å². The maximum Gasteiger partial charge on any atom is 0.193 e. The molecule has 0 bridgehead atoms. The van der Waals surface area contributed by atoms with E-state index in [1.165, 1.54) is 0 Å². The highest BCUT2D eigenvalue weighted by atomic mass is 35.5. The quantitative estimate of drug-likeness (QED) is 0.164. The van der Waals surface area contributed by atoms with Crippen LogP contribution in [0.3, 0.4) is 0 Å². The molecule has 0 unspecified atom stereocenters. The predicted octanol–water partition coefficient (Wildman–Crippen LogP) is 5.59. The summed E-state index contributed by atoms with van der Waals surface area (Å²) in [5.41, 5.74) is 3.88. The van der Waals surface area contributed by atoms with Crippen LogP contribution in [0.15, 0.2) is 126 Å². The van der Waals surface area contributed by atoms with Crippen LogP contribution in [0.4, 0.5) is 0 Å². The van der Waals surface area contributed by atoms with Crippen molar-refractivity contribution in [1.82, 2.24) is 0 Å². The number of hydrogen-bond acceptors (Lipinski definition) is 5. The van der Waals surface area contributed by atoms with Crippen molar-refractivity contribution in [1.29, 1.82) is 0 Å². The standard InChI is InChI=1S/C13H11NO.C13H10O.ClH.H3NO/c15-14-13(11-7-3-1-4-8-11)12-9-5-2-6-10-12;14-13(11-7-3-1-4-8-11)12-9-5-2-6-10-12;;1-2/h1-10,15H;1-10H;1H;2H,1H2. The molecule has 0 heterocycles. The van der Waals surface area contributed by atoms with Gasteiger partial charge in [0, 0.05) is 22.3 Å². The van der Waals surface area contributed by atoms with Crippen LogP contribution in [-0.2, 0) is 0 Å². The number of nitrogens with two attached hydrogens (primary N) is 1. The summed E-state index contributed by atoms with van der Waals surface area (Å²) < 4.78 is 0. The lowest BCUT2D eigenvalue weighted by Gasteiger charge is -2.03. The van der Waals surface area contributed by atoms with Crippen molar-refractivity contribution in [2.24, 2.45) is 11.1 Å². The Labute approximate surface area is 193 Å². The second-order valence-electron chi connectivity index (χ2n) is 6.24. The number of ketones is 1. The summed E-state index contributed by atoms with van der Waals surface area (Å²) >= 11 is 0. The molecule has 164 valence electrons. The zero-order chi connectivity index (χ0) is 22.3. The molecular weight excluding hydrogens is 424 g/mol. The Hall–Kier alpha value is -3.77. The van der Waals surface area contributed by atoms with Gasteiger partial charge in [-0.15, -0.1) is 12.4 Å². The zero-order valence-corrected chi connectivity index (χ0v) is 18.1. The average Bonchev–Trinajstić information content (AvgIpc) is 2.88. The molecule has 6 heteroatoms. The molecule has 0 fully saturated rings. The van der Waals surface area contributed by atoms with Crippen LogP contribution >= 0.6 is 12.4 Å². The van der Waals surface area contributed by atoms with Crippen molar-refractivity contribution in [3.63, 3.8) is 0 Å². The molecule has 4 aromatic carbocycles. The number of benzene rings is 4. The number of halogens is 1. The Balaban J connectivity index is 0.000000289. The third-order valence-electron chi connectivity index (χ3n) is 4.27. The summed E-state index contributed by atoms with van der Waals surface area (Å²) in [5.74, 6) is 3.58.